The van der Waals surface area contributed by atoms with Crippen LogP contribution in [-0.2, 0) is 6.42 Å². The summed E-state index contributed by atoms with van der Waals surface area (Å²) in [5.41, 5.74) is 1.93. The molecule has 3 N–H and O–H groups in total. The fraction of sp³-hybridized carbons (Fsp3) is 0.370. The Morgan fingerprint density at radius 2 is 1.69 bits per heavy atom. The van der Waals surface area contributed by atoms with Gasteiger partial charge in [-0.3, -0.25) is 4.79 Å². The van der Waals surface area contributed by atoms with E-state index in [1.54, 1.807) is 31.4 Å². The van der Waals surface area contributed by atoms with Crippen molar-refractivity contribution >= 4 is 11.0 Å². The van der Waals surface area contributed by atoms with Gasteiger partial charge in [-0.25, -0.2) is 0 Å². The number of hydrogen-bond donors (Lipinski definition) is 3. The number of fused-ring (bicyclic) bond motifs is 1. The number of hydrogen-bond acceptors (Lipinski definition) is 8. The van der Waals surface area contributed by atoms with Crippen molar-refractivity contribution in [1.29, 1.82) is 0 Å². The van der Waals surface area contributed by atoms with Gasteiger partial charge in [-0.15, -0.1) is 0 Å². The summed E-state index contributed by atoms with van der Waals surface area (Å²) in [4.78, 5) is 13.6. The van der Waals surface area contributed by atoms with Gasteiger partial charge in [-0.1, -0.05) is 11.6 Å². The SMILES string of the molecule is COc1ccc(-c2oc3c(CC=C(C)C)c(OCCCO)cc(O)c3c(=O)c2OCCCO)cc1. The molecule has 0 saturated carbocycles. The van der Waals surface area contributed by atoms with E-state index in [1.807, 2.05) is 19.9 Å². The van der Waals surface area contributed by atoms with Crippen molar-refractivity contribution in [1.82, 2.24) is 0 Å². The van der Waals surface area contributed by atoms with E-state index in [-0.39, 0.29) is 54.7 Å². The van der Waals surface area contributed by atoms with Gasteiger partial charge in [0.25, 0.3) is 0 Å². The number of benzene rings is 2. The Morgan fingerprint density at radius 3 is 2.29 bits per heavy atom. The van der Waals surface area contributed by atoms with E-state index in [2.05, 4.69) is 0 Å². The molecule has 0 saturated heterocycles. The average molecular weight is 485 g/mol. The quantitative estimate of drug-likeness (QED) is 0.259. The molecule has 0 amide bonds. The number of allylic oxidation sites excluding steroid dienone is 2. The molecule has 8 heteroatoms. The monoisotopic (exact) mass is 484 g/mol. The number of ether oxygens (including phenoxy) is 3. The summed E-state index contributed by atoms with van der Waals surface area (Å²) in [5.74, 6) is 0.879. The van der Waals surface area contributed by atoms with Crippen LogP contribution in [0.25, 0.3) is 22.3 Å². The Bertz CT molecular complexity index is 1220. The summed E-state index contributed by atoms with van der Waals surface area (Å²) in [6.45, 7) is 4.13. The molecule has 0 bridgehead atoms. The number of rotatable bonds is 12. The second-order valence-electron chi connectivity index (χ2n) is 8.23. The number of methoxy groups -OCH3 is 1. The van der Waals surface area contributed by atoms with Gasteiger partial charge in [-0.05, 0) is 44.5 Å². The van der Waals surface area contributed by atoms with Crippen LogP contribution in [0.5, 0.6) is 23.0 Å². The van der Waals surface area contributed by atoms with Crippen LogP contribution >= 0.6 is 0 Å². The van der Waals surface area contributed by atoms with Gasteiger partial charge in [0.05, 0.1) is 20.3 Å². The van der Waals surface area contributed by atoms with Gasteiger partial charge in [0.1, 0.15) is 28.2 Å². The summed E-state index contributed by atoms with van der Waals surface area (Å²) in [6.07, 6.45) is 3.13. The van der Waals surface area contributed by atoms with E-state index >= 15 is 0 Å². The summed E-state index contributed by atoms with van der Waals surface area (Å²) < 4.78 is 23.1. The van der Waals surface area contributed by atoms with Crippen LogP contribution in [0, 0.1) is 0 Å². The first-order valence-electron chi connectivity index (χ1n) is 11.5. The van der Waals surface area contributed by atoms with Crippen LogP contribution in [0.2, 0.25) is 0 Å². The van der Waals surface area contributed by atoms with Crippen molar-refractivity contribution in [3.63, 3.8) is 0 Å². The second kappa shape index (κ2) is 12.3. The van der Waals surface area contributed by atoms with Crippen molar-refractivity contribution in [2.75, 3.05) is 33.5 Å². The van der Waals surface area contributed by atoms with Crippen molar-refractivity contribution in [2.45, 2.75) is 33.1 Å². The minimum Gasteiger partial charge on any atom is -0.507 e. The van der Waals surface area contributed by atoms with Crippen LogP contribution in [-0.4, -0.2) is 48.9 Å². The van der Waals surface area contributed by atoms with Gasteiger partial charge in [0, 0.05) is 43.2 Å². The lowest BCUT2D eigenvalue weighted by Gasteiger charge is -2.17. The molecule has 0 aliphatic carbocycles. The number of aromatic hydroxyl groups is 1. The maximum atomic E-state index is 13.6. The zero-order valence-electron chi connectivity index (χ0n) is 20.3. The van der Waals surface area contributed by atoms with Crippen molar-refractivity contribution < 1.29 is 33.9 Å². The summed E-state index contributed by atoms with van der Waals surface area (Å²) in [6, 6.07) is 8.38. The molecule has 0 aliphatic rings. The Hall–Kier alpha value is -3.49. The van der Waals surface area contributed by atoms with E-state index in [0.29, 0.717) is 41.9 Å². The normalized spacial score (nSPS) is 10.9. The van der Waals surface area contributed by atoms with Crippen LogP contribution in [0.3, 0.4) is 0 Å². The topological polar surface area (TPSA) is 119 Å². The highest BCUT2D eigenvalue weighted by Gasteiger charge is 2.24. The first kappa shape index (κ1) is 26.1. The minimum absolute atomic E-state index is 0.00655. The lowest BCUT2D eigenvalue weighted by Crippen LogP contribution is -2.13. The van der Waals surface area contributed by atoms with Crippen molar-refractivity contribution in [2.24, 2.45) is 0 Å². The molecule has 188 valence electrons. The van der Waals surface area contributed by atoms with E-state index in [4.69, 9.17) is 28.8 Å². The van der Waals surface area contributed by atoms with Crippen LogP contribution in [0.15, 0.2) is 51.2 Å². The van der Waals surface area contributed by atoms with E-state index in [1.165, 1.54) is 6.07 Å². The fourth-order valence-corrected chi connectivity index (χ4v) is 3.54. The molecule has 1 heterocycles. The highest BCUT2D eigenvalue weighted by atomic mass is 16.5. The van der Waals surface area contributed by atoms with Gasteiger partial charge in [-0.2, -0.15) is 0 Å². The Balaban J connectivity index is 2.31. The Labute approximate surface area is 204 Å². The summed E-state index contributed by atoms with van der Waals surface area (Å²) in [7, 11) is 1.56. The number of phenolic OH excluding ortho intramolecular Hbond substituents is 1. The van der Waals surface area contributed by atoms with E-state index in [0.717, 1.165) is 5.57 Å². The molecule has 0 atom stereocenters. The lowest BCUT2D eigenvalue weighted by atomic mass is 10.0. The third kappa shape index (κ3) is 6.15. The highest BCUT2D eigenvalue weighted by molar-refractivity contribution is 5.91. The third-order valence-corrected chi connectivity index (χ3v) is 5.34. The summed E-state index contributed by atoms with van der Waals surface area (Å²) in [5, 5.41) is 29.1. The summed E-state index contributed by atoms with van der Waals surface area (Å²) >= 11 is 0. The highest BCUT2D eigenvalue weighted by Crippen LogP contribution is 2.40. The maximum Gasteiger partial charge on any atom is 0.239 e. The smallest absolute Gasteiger partial charge is 0.239 e. The molecule has 8 nitrogen and oxygen atoms in total. The zero-order chi connectivity index (χ0) is 25.4. The van der Waals surface area contributed by atoms with Gasteiger partial charge >= 0.3 is 0 Å². The third-order valence-electron chi connectivity index (χ3n) is 5.34. The largest absolute Gasteiger partial charge is 0.507 e. The molecule has 0 spiro atoms. The number of phenols is 1. The van der Waals surface area contributed by atoms with Crippen molar-refractivity contribution in [3.8, 4) is 34.3 Å². The fourth-order valence-electron chi connectivity index (χ4n) is 3.54. The molecule has 3 rings (SSSR count). The first-order valence-corrected chi connectivity index (χ1v) is 11.5. The van der Waals surface area contributed by atoms with Crippen LogP contribution in [0.4, 0.5) is 0 Å². The zero-order valence-corrected chi connectivity index (χ0v) is 20.3. The molecular formula is C27H32O8. The number of aliphatic hydroxyl groups is 2. The molecule has 35 heavy (non-hydrogen) atoms. The molecule has 2 aromatic carbocycles. The molecule has 1 aromatic heterocycles. The Kier molecular flexibility index (Phi) is 9.17. The first-order chi connectivity index (χ1) is 16.9. The van der Waals surface area contributed by atoms with Gasteiger partial charge in [0.15, 0.2) is 5.76 Å². The van der Waals surface area contributed by atoms with Crippen LogP contribution in [0.1, 0.15) is 32.3 Å². The van der Waals surface area contributed by atoms with Crippen LogP contribution < -0.4 is 19.6 Å². The van der Waals surface area contributed by atoms with Crippen molar-refractivity contribution in [3.05, 3.63) is 57.8 Å². The minimum atomic E-state index is -0.520. The standard InChI is InChI=1S/C27H32O8/c1-17(2)6-11-20-22(33-14-4-12-28)16-21(30)23-24(31)27(34-15-5-13-29)25(35-26(20)23)18-7-9-19(32-3)10-8-18/h6-10,16,28-30H,4-5,11-15H2,1-3H3. The molecule has 0 fully saturated rings. The second-order valence-corrected chi connectivity index (χ2v) is 8.23. The van der Waals surface area contributed by atoms with E-state index < -0.39 is 5.43 Å². The molecular weight excluding hydrogens is 452 g/mol. The van der Waals surface area contributed by atoms with Gasteiger partial charge in [0.2, 0.25) is 11.2 Å². The number of aliphatic hydroxyl groups excluding tert-OH is 2. The maximum absolute atomic E-state index is 13.6. The molecule has 0 aliphatic heterocycles. The Morgan fingerprint density at radius 1 is 1.03 bits per heavy atom. The molecule has 0 radical (unpaired) electrons. The molecule has 3 aromatic rings. The van der Waals surface area contributed by atoms with E-state index in [9.17, 15) is 9.90 Å². The van der Waals surface area contributed by atoms with Gasteiger partial charge < -0.3 is 33.9 Å². The predicted molar refractivity (Wildman–Crippen MR) is 134 cm³/mol. The molecule has 0 unspecified atom stereocenters. The predicted octanol–water partition coefficient (Wildman–Crippen LogP) is 4.21. The lowest BCUT2D eigenvalue weighted by molar-refractivity contribution is 0.230. The average Bonchev–Trinajstić information content (AvgIpc) is 2.84.